The van der Waals surface area contributed by atoms with Gasteiger partial charge in [-0.25, -0.2) is 0 Å². The molecule has 1 aliphatic carbocycles. The van der Waals surface area contributed by atoms with Crippen LogP contribution in [-0.4, -0.2) is 51.5 Å². The third kappa shape index (κ3) is 7.65. The van der Waals surface area contributed by atoms with E-state index in [0.29, 0.717) is 12.1 Å². The maximum Gasteiger partial charge on any atom is 0.191 e. The van der Waals surface area contributed by atoms with Crippen LogP contribution < -0.4 is 10.6 Å². The zero-order chi connectivity index (χ0) is 14.0. The summed E-state index contributed by atoms with van der Waals surface area (Å²) in [7, 11) is 1.83. The summed E-state index contributed by atoms with van der Waals surface area (Å²) in [5.74, 6) is 0.927. The van der Waals surface area contributed by atoms with Crippen molar-refractivity contribution in [3.05, 3.63) is 0 Å². The molecule has 1 aliphatic heterocycles. The molecule has 0 amide bonds. The molecular formula is C15H30IN3O2. The van der Waals surface area contributed by atoms with Crippen LogP contribution in [0.2, 0.25) is 0 Å². The average Bonchev–Trinajstić information content (AvgIpc) is 3.14. The lowest BCUT2D eigenvalue weighted by Gasteiger charge is -2.17. The van der Waals surface area contributed by atoms with Gasteiger partial charge in [-0.1, -0.05) is 12.8 Å². The molecule has 5 nitrogen and oxygen atoms in total. The van der Waals surface area contributed by atoms with Crippen molar-refractivity contribution in [1.29, 1.82) is 0 Å². The minimum atomic E-state index is 0. The maximum atomic E-state index is 5.64. The van der Waals surface area contributed by atoms with E-state index in [2.05, 4.69) is 15.6 Å². The molecule has 2 aliphatic rings. The Balaban J connectivity index is 0.00000220. The number of hydrogen-bond acceptors (Lipinski definition) is 3. The third-order valence-corrected chi connectivity index (χ3v) is 4.01. The number of aliphatic imine (C=N–C) groups is 1. The summed E-state index contributed by atoms with van der Waals surface area (Å²) in [6, 6.07) is 0.608. The van der Waals surface area contributed by atoms with Crippen molar-refractivity contribution in [1.82, 2.24) is 10.6 Å². The fourth-order valence-electron chi connectivity index (χ4n) is 2.83. The van der Waals surface area contributed by atoms with E-state index in [0.717, 1.165) is 45.2 Å². The molecule has 0 spiro atoms. The lowest BCUT2D eigenvalue weighted by Crippen LogP contribution is -2.42. The molecule has 1 saturated carbocycles. The van der Waals surface area contributed by atoms with Crippen LogP contribution in [0.3, 0.4) is 0 Å². The lowest BCUT2D eigenvalue weighted by atomic mass is 10.2. The smallest absolute Gasteiger partial charge is 0.191 e. The number of guanidine groups is 1. The molecule has 1 heterocycles. The second-order valence-corrected chi connectivity index (χ2v) is 5.69. The fourth-order valence-corrected chi connectivity index (χ4v) is 2.83. The molecule has 1 atom stereocenters. The van der Waals surface area contributed by atoms with E-state index in [1.165, 1.54) is 32.1 Å². The highest BCUT2D eigenvalue weighted by molar-refractivity contribution is 14.0. The molecule has 2 fully saturated rings. The predicted molar refractivity (Wildman–Crippen MR) is 96.6 cm³/mol. The van der Waals surface area contributed by atoms with Gasteiger partial charge in [-0.3, -0.25) is 4.99 Å². The molecule has 0 aromatic carbocycles. The molecule has 0 aromatic heterocycles. The second-order valence-electron chi connectivity index (χ2n) is 5.69. The van der Waals surface area contributed by atoms with E-state index in [1.807, 2.05) is 7.05 Å². The third-order valence-electron chi connectivity index (χ3n) is 4.01. The van der Waals surface area contributed by atoms with Gasteiger partial charge in [0.15, 0.2) is 5.96 Å². The van der Waals surface area contributed by atoms with Crippen LogP contribution in [-0.2, 0) is 9.47 Å². The van der Waals surface area contributed by atoms with Crippen LogP contribution in [0.4, 0.5) is 0 Å². The van der Waals surface area contributed by atoms with Crippen molar-refractivity contribution < 1.29 is 9.47 Å². The number of rotatable bonds is 7. The molecule has 21 heavy (non-hydrogen) atoms. The van der Waals surface area contributed by atoms with Crippen molar-refractivity contribution in [3.63, 3.8) is 0 Å². The molecule has 0 radical (unpaired) electrons. The first-order valence-electron chi connectivity index (χ1n) is 8.05. The number of halogens is 1. The number of hydrogen-bond donors (Lipinski definition) is 2. The van der Waals surface area contributed by atoms with Crippen LogP contribution >= 0.6 is 24.0 Å². The lowest BCUT2D eigenvalue weighted by molar-refractivity contribution is 0.0168. The SMILES string of the molecule is CN=C(NCCCOCC1CCCO1)NC1CCCC1.I. The summed E-state index contributed by atoms with van der Waals surface area (Å²) >= 11 is 0. The summed E-state index contributed by atoms with van der Waals surface area (Å²) in [6.45, 7) is 3.33. The molecular weight excluding hydrogens is 381 g/mol. The van der Waals surface area contributed by atoms with Crippen LogP contribution in [0.25, 0.3) is 0 Å². The van der Waals surface area contributed by atoms with Crippen molar-refractivity contribution in [2.24, 2.45) is 4.99 Å². The highest BCUT2D eigenvalue weighted by Gasteiger charge is 2.16. The zero-order valence-electron chi connectivity index (χ0n) is 13.1. The fraction of sp³-hybridized carbons (Fsp3) is 0.933. The summed E-state index contributed by atoms with van der Waals surface area (Å²) in [5.41, 5.74) is 0. The Bertz CT molecular complexity index is 291. The first-order valence-corrected chi connectivity index (χ1v) is 8.05. The molecule has 2 N–H and O–H groups in total. The standard InChI is InChI=1S/C15H29N3O2.HI/c1-16-15(18-13-6-2-3-7-13)17-9-5-10-19-12-14-8-4-11-20-14;/h13-14H,2-12H2,1H3,(H2,16,17,18);1H. The minimum absolute atomic E-state index is 0. The van der Waals surface area contributed by atoms with Crippen LogP contribution in [0, 0.1) is 0 Å². The van der Waals surface area contributed by atoms with Crippen molar-refractivity contribution >= 4 is 29.9 Å². The molecule has 0 bridgehead atoms. The number of nitrogens with zero attached hydrogens (tertiary/aromatic N) is 1. The van der Waals surface area contributed by atoms with Crippen LogP contribution in [0.15, 0.2) is 4.99 Å². The quantitative estimate of drug-likeness (QED) is 0.292. The normalized spacial score (nSPS) is 23.1. The van der Waals surface area contributed by atoms with Gasteiger partial charge in [-0.2, -0.15) is 0 Å². The van der Waals surface area contributed by atoms with Crippen molar-refractivity contribution in [2.75, 3.05) is 33.4 Å². The Kier molecular flexibility index (Phi) is 10.4. The van der Waals surface area contributed by atoms with Crippen molar-refractivity contribution in [3.8, 4) is 0 Å². The zero-order valence-corrected chi connectivity index (χ0v) is 15.4. The monoisotopic (exact) mass is 411 g/mol. The summed E-state index contributed by atoms with van der Waals surface area (Å²) in [6.07, 6.45) is 8.88. The van der Waals surface area contributed by atoms with Gasteiger partial charge in [-0.05, 0) is 32.1 Å². The minimum Gasteiger partial charge on any atom is -0.379 e. The molecule has 6 heteroatoms. The summed E-state index contributed by atoms with van der Waals surface area (Å²) < 4.78 is 11.2. The van der Waals surface area contributed by atoms with Gasteiger partial charge in [0.25, 0.3) is 0 Å². The largest absolute Gasteiger partial charge is 0.379 e. The van der Waals surface area contributed by atoms with Gasteiger partial charge < -0.3 is 20.1 Å². The number of nitrogens with one attached hydrogen (secondary N) is 2. The molecule has 124 valence electrons. The topological polar surface area (TPSA) is 54.9 Å². The van der Waals surface area contributed by atoms with E-state index in [9.17, 15) is 0 Å². The Morgan fingerprint density at radius 1 is 1.24 bits per heavy atom. The molecule has 0 aromatic rings. The highest BCUT2D eigenvalue weighted by atomic mass is 127. The van der Waals surface area contributed by atoms with Crippen molar-refractivity contribution in [2.45, 2.75) is 57.1 Å². The Labute approximate surface area is 145 Å². The molecule has 1 saturated heterocycles. The van der Waals surface area contributed by atoms with E-state index in [4.69, 9.17) is 9.47 Å². The van der Waals surface area contributed by atoms with Crippen LogP contribution in [0.5, 0.6) is 0 Å². The second kappa shape index (κ2) is 11.5. The van der Waals surface area contributed by atoms with Gasteiger partial charge in [0.05, 0.1) is 12.7 Å². The molecule has 2 rings (SSSR count). The van der Waals surface area contributed by atoms with E-state index < -0.39 is 0 Å². The molecule has 1 unspecified atom stereocenters. The van der Waals surface area contributed by atoms with Gasteiger partial charge in [-0.15, -0.1) is 24.0 Å². The Morgan fingerprint density at radius 2 is 2.05 bits per heavy atom. The van der Waals surface area contributed by atoms with Gasteiger partial charge in [0, 0.05) is 32.8 Å². The predicted octanol–water partition coefficient (Wildman–Crippen LogP) is 2.30. The van der Waals surface area contributed by atoms with E-state index in [1.54, 1.807) is 0 Å². The first kappa shape index (κ1) is 19.0. The van der Waals surface area contributed by atoms with Gasteiger partial charge in [0.2, 0.25) is 0 Å². The first-order chi connectivity index (χ1) is 9.88. The van der Waals surface area contributed by atoms with Gasteiger partial charge >= 0.3 is 0 Å². The van der Waals surface area contributed by atoms with E-state index >= 15 is 0 Å². The van der Waals surface area contributed by atoms with Crippen LogP contribution in [0.1, 0.15) is 44.9 Å². The maximum absolute atomic E-state index is 5.64. The number of ether oxygens (including phenoxy) is 2. The van der Waals surface area contributed by atoms with Gasteiger partial charge in [0.1, 0.15) is 0 Å². The average molecular weight is 411 g/mol. The Hall–Kier alpha value is -0.0800. The summed E-state index contributed by atoms with van der Waals surface area (Å²) in [5, 5.41) is 6.83. The van der Waals surface area contributed by atoms with E-state index in [-0.39, 0.29) is 24.0 Å². The highest BCUT2D eigenvalue weighted by Crippen LogP contribution is 2.17. The Morgan fingerprint density at radius 3 is 2.71 bits per heavy atom. The summed E-state index contributed by atoms with van der Waals surface area (Å²) in [4.78, 5) is 4.27.